The van der Waals surface area contributed by atoms with Gasteiger partial charge < -0.3 is 9.64 Å². The van der Waals surface area contributed by atoms with Crippen LogP contribution in [0.25, 0.3) is 0 Å². The SMILES string of the molecule is Cc1cc(S(=O)(=O)NCc2ccccc2)ccc1OCC(=O)N1c2ccccc2CC1C. The van der Waals surface area contributed by atoms with E-state index < -0.39 is 10.0 Å². The van der Waals surface area contributed by atoms with Gasteiger partial charge in [-0.3, -0.25) is 4.79 Å². The van der Waals surface area contributed by atoms with Crippen molar-refractivity contribution in [3.63, 3.8) is 0 Å². The highest BCUT2D eigenvalue weighted by Crippen LogP contribution is 2.32. The summed E-state index contributed by atoms with van der Waals surface area (Å²) in [7, 11) is -3.66. The van der Waals surface area contributed by atoms with E-state index in [4.69, 9.17) is 4.74 Å². The molecule has 6 nitrogen and oxygen atoms in total. The molecule has 3 aromatic rings. The Kier molecular flexibility index (Phi) is 6.30. The Morgan fingerprint density at radius 2 is 1.78 bits per heavy atom. The molecule has 7 heteroatoms. The zero-order chi connectivity index (χ0) is 22.7. The van der Waals surface area contributed by atoms with Gasteiger partial charge in [-0.15, -0.1) is 0 Å². The summed E-state index contributed by atoms with van der Waals surface area (Å²) in [6.07, 6.45) is 0.823. The number of carbonyl (C=O) groups is 1. The topological polar surface area (TPSA) is 75.7 Å². The number of sulfonamides is 1. The minimum atomic E-state index is -3.66. The van der Waals surface area contributed by atoms with Gasteiger partial charge in [0.05, 0.1) is 4.90 Å². The third-order valence-electron chi connectivity index (χ3n) is 5.59. The van der Waals surface area contributed by atoms with Gasteiger partial charge in [0.1, 0.15) is 5.75 Å². The van der Waals surface area contributed by atoms with Crippen molar-refractivity contribution in [2.24, 2.45) is 0 Å². The van der Waals surface area contributed by atoms with Crippen LogP contribution >= 0.6 is 0 Å². The first-order valence-corrected chi connectivity index (χ1v) is 12.0. The van der Waals surface area contributed by atoms with Crippen LogP contribution in [0.5, 0.6) is 5.75 Å². The Labute approximate surface area is 188 Å². The van der Waals surface area contributed by atoms with E-state index in [-0.39, 0.29) is 30.0 Å². The fourth-order valence-corrected chi connectivity index (χ4v) is 5.07. The molecular weight excluding hydrogens is 424 g/mol. The summed E-state index contributed by atoms with van der Waals surface area (Å²) in [6, 6.07) is 21.9. The molecule has 1 heterocycles. The van der Waals surface area contributed by atoms with Crippen molar-refractivity contribution in [2.75, 3.05) is 11.5 Å². The lowest BCUT2D eigenvalue weighted by Gasteiger charge is -2.23. The summed E-state index contributed by atoms with van der Waals surface area (Å²) >= 11 is 0. The first kappa shape index (κ1) is 22.0. The summed E-state index contributed by atoms with van der Waals surface area (Å²) < 4.78 is 33.7. The molecule has 0 spiro atoms. The van der Waals surface area contributed by atoms with Gasteiger partial charge in [0.25, 0.3) is 5.91 Å². The largest absolute Gasteiger partial charge is 0.483 e. The molecule has 166 valence electrons. The Bertz CT molecular complexity index is 1230. The number of para-hydroxylation sites is 1. The van der Waals surface area contributed by atoms with Gasteiger partial charge in [-0.25, -0.2) is 13.1 Å². The molecule has 1 atom stereocenters. The molecule has 0 aromatic heterocycles. The Morgan fingerprint density at radius 1 is 1.06 bits per heavy atom. The molecular formula is C25H26N2O4S. The average Bonchev–Trinajstić information content (AvgIpc) is 3.13. The number of hydrogen-bond donors (Lipinski definition) is 1. The van der Waals surface area contributed by atoms with Crippen molar-refractivity contribution in [1.29, 1.82) is 0 Å². The van der Waals surface area contributed by atoms with Gasteiger partial charge >= 0.3 is 0 Å². The molecule has 3 aromatic carbocycles. The van der Waals surface area contributed by atoms with Crippen LogP contribution in [-0.4, -0.2) is 27.0 Å². The maximum Gasteiger partial charge on any atom is 0.265 e. The minimum absolute atomic E-state index is 0.0767. The number of rotatable bonds is 7. The van der Waals surface area contributed by atoms with E-state index in [0.29, 0.717) is 11.3 Å². The molecule has 0 bridgehead atoms. The smallest absolute Gasteiger partial charge is 0.265 e. The number of carbonyl (C=O) groups excluding carboxylic acids is 1. The molecule has 1 amide bonds. The quantitative estimate of drug-likeness (QED) is 0.594. The second-order valence-corrected chi connectivity index (χ2v) is 9.74. The van der Waals surface area contributed by atoms with Crippen molar-refractivity contribution in [1.82, 2.24) is 4.72 Å². The molecule has 0 fully saturated rings. The van der Waals surface area contributed by atoms with Crippen LogP contribution in [0.3, 0.4) is 0 Å². The second-order valence-electron chi connectivity index (χ2n) is 7.97. The normalized spacial score (nSPS) is 15.4. The molecule has 0 radical (unpaired) electrons. The molecule has 1 aliphatic heterocycles. The Balaban J connectivity index is 1.41. The van der Waals surface area contributed by atoms with Crippen LogP contribution in [-0.2, 0) is 27.8 Å². The van der Waals surface area contributed by atoms with Crippen molar-refractivity contribution in [3.8, 4) is 5.75 Å². The maximum atomic E-state index is 12.8. The predicted octanol–water partition coefficient (Wildman–Crippen LogP) is 3.83. The highest BCUT2D eigenvalue weighted by Gasteiger charge is 2.30. The van der Waals surface area contributed by atoms with E-state index >= 15 is 0 Å². The van der Waals surface area contributed by atoms with Gasteiger partial charge in [-0.1, -0.05) is 48.5 Å². The third-order valence-corrected chi connectivity index (χ3v) is 6.99. The monoisotopic (exact) mass is 450 g/mol. The fourth-order valence-electron chi connectivity index (χ4n) is 3.96. The molecule has 0 saturated heterocycles. The lowest BCUT2D eigenvalue weighted by Crippen LogP contribution is -2.39. The summed E-state index contributed by atoms with van der Waals surface area (Å²) in [5.74, 6) is 0.364. The summed E-state index contributed by atoms with van der Waals surface area (Å²) in [4.78, 5) is 14.8. The summed E-state index contributed by atoms with van der Waals surface area (Å²) in [6.45, 7) is 3.89. The summed E-state index contributed by atoms with van der Waals surface area (Å²) in [5.41, 5.74) is 3.61. The summed E-state index contributed by atoms with van der Waals surface area (Å²) in [5, 5.41) is 0. The van der Waals surface area contributed by atoms with Crippen molar-refractivity contribution < 1.29 is 17.9 Å². The van der Waals surface area contributed by atoms with Crippen LogP contribution in [0, 0.1) is 6.92 Å². The van der Waals surface area contributed by atoms with Gasteiger partial charge in [0, 0.05) is 18.3 Å². The fraction of sp³-hybridized carbons (Fsp3) is 0.240. The zero-order valence-corrected chi connectivity index (χ0v) is 18.9. The Morgan fingerprint density at radius 3 is 2.53 bits per heavy atom. The van der Waals surface area contributed by atoms with Gasteiger partial charge in [-0.2, -0.15) is 0 Å². The number of nitrogens with one attached hydrogen (secondary N) is 1. The number of anilines is 1. The maximum absolute atomic E-state index is 12.8. The molecule has 4 rings (SSSR count). The number of hydrogen-bond acceptors (Lipinski definition) is 4. The number of benzene rings is 3. The van der Waals surface area contributed by atoms with Crippen molar-refractivity contribution in [2.45, 2.75) is 37.8 Å². The van der Waals surface area contributed by atoms with Gasteiger partial charge in [0.2, 0.25) is 10.0 Å². The molecule has 32 heavy (non-hydrogen) atoms. The van der Waals surface area contributed by atoms with Crippen molar-refractivity contribution >= 4 is 21.6 Å². The number of amides is 1. The number of ether oxygens (including phenoxy) is 1. The van der Waals surface area contributed by atoms with Crippen LogP contribution in [0.4, 0.5) is 5.69 Å². The Hall–Kier alpha value is -3.16. The lowest BCUT2D eigenvalue weighted by atomic mass is 10.1. The van der Waals surface area contributed by atoms with Gasteiger partial charge in [0.15, 0.2) is 6.61 Å². The van der Waals surface area contributed by atoms with E-state index in [2.05, 4.69) is 4.72 Å². The molecule has 1 unspecified atom stereocenters. The second kappa shape index (κ2) is 9.14. The molecule has 1 aliphatic rings. The van der Waals surface area contributed by atoms with E-state index in [1.165, 1.54) is 6.07 Å². The van der Waals surface area contributed by atoms with E-state index in [9.17, 15) is 13.2 Å². The van der Waals surface area contributed by atoms with E-state index in [1.807, 2.05) is 61.5 Å². The molecule has 1 N–H and O–H groups in total. The van der Waals surface area contributed by atoms with E-state index in [0.717, 1.165) is 23.2 Å². The van der Waals surface area contributed by atoms with Crippen LogP contribution in [0.1, 0.15) is 23.6 Å². The molecule has 0 aliphatic carbocycles. The number of nitrogens with zero attached hydrogens (tertiary/aromatic N) is 1. The third kappa shape index (κ3) is 4.69. The molecule has 0 saturated carbocycles. The number of aryl methyl sites for hydroxylation is 1. The van der Waals surface area contributed by atoms with Gasteiger partial charge in [-0.05, 0) is 61.2 Å². The zero-order valence-electron chi connectivity index (χ0n) is 18.1. The first-order chi connectivity index (χ1) is 15.3. The highest BCUT2D eigenvalue weighted by atomic mass is 32.2. The van der Waals surface area contributed by atoms with Crippen LogP contribution < -0.4 is 14.4 Å². The first-order valence-electron chi connectivity index (χ1n) is 10.5. The highest BCUT2D eigenvalue weighted by molar-refractivity contribution is 7.89. The van der Waals surface area contributed by atoms with Crippen molar-refractivity contribution in [3.05, 3.63) is 89.5 Å². The van der Waals surface area contributed by atoms with Crippen LogP contribution in [0.2, 0.25) is 0 Å². The number of fused-ring (bicyclic) bond motifs is 1. The predicted molar refractivity (Wildman–Crippen MR) is 124 cm³/mol. The minimum Gasteiger partial charge on any atom is -0.483 e. The standard InChI is InChI=1S/C25H26N2O4S/c1-18-14-22(32(29,30)26-16-20-8-4-3-5-9-20)12-13-24(18)31-17-25(28)27-19(2)15-21-10-6-7-11-23(21)27/h3-14,19,26H,15-17H2,1-2H3. The van der Waals surface area contributed by atoms with E-state index in [1.54, 1.807) is 24.0 Å². The van der Waals surface area contributed by atoms with Crippen LogP contribution in [0.15, 0.2) is 77.7 Å². The lowest BCUT2D eigenvalue weighted by molar-refractivity contribution is -0.120. The average molecular weight is 451 g/mol.